The van der Waals surface area contributed by atoms with E-state index in [1.54, 1.807) is 20.8 Å². The standard InChI is InChI=1S/C14H16F6NOS/c1-8(21-23(22)12(2,3)4)9-5-10(13(15,16)17)7-11(6-9)14(18,19)20/h5-8H,1-4H3/q-1/t8-/m0/s1. The summed E-state index contributed by atoms with van der Waals surface area (Å²) in [6, 6.07) is 0.183. The first-order valence-corrected chi connectivity index (χ1v) is 7.65. The Morgan fingerprint density at radius 1 is 0.913 bits per heavy atom. The van der Waals surface area contributed by atoms with Gasteiger partial charge in [0, 0.05) is 6.04 Å². The molecule has 132 valence electrons. The Morgan fingerprint density at radius 2 is 1.30 bits per heavy atom. The van der Waals surface area contributed by atoms with Crippen molar-refractivity contribution in [3.63, 3.8) is 0 Å². The van der Waals surface area contributed by atoms with Crippen molar-refractivity contribution in [1.29, 1.82) is 0 Å². The average molecular weight is 360 g/mol. The summed E-state index contributed by atoms with van der Waals surface area (Å²) in [6.45, 7) is 6.12. The molecule has 0 bridgehead atoms. The van der Waals surface area contributed by atoms with Crippen LogP contribution in [0.25, 0.3) is 0 Å². The Hall–Kier alpha value is -1.25. The molecule has 1 atom stereocenters. The molecule has 0 aliphatic heterocycles. The number of hydrogen-bond acceptors (Lipinski definition) is 3. The molecule has 1 rings (SSSR count). The Kier molecular flexibility index (Phi) is 5.45. The second-order valence-corrected chi connectivity index (χ2v) is 7.92. The lowest BCUT2D eigenvalue weighted by Gasteiger charge is -2.25. The van der Waals surface area contributed by atoms with Crippen molar-refractivity contribution in [2.24, 2.45) is 4.36 Å². The SMILES string of the molecule is C[C@H](N=[S-](=O)C(C)(C)C)c1cc(C(F)(F)F)cc(C(F)(F)F)c1. The van der Waals surface area contributed by atoms with Gasteiger partial charge >= 0.3 is 12.4 Å². The molecule has 0 saturated carbocycles. The van der Waals surface area contributed by atoms with Crippen molar-refractivity contribution in [3.05, 3.63) is 34.9 Å². The molecule has 23 heavy (non-hydrogen) atoms. The fraction of sp³-hybridized carbons (Fsp3) is 0.571. The van der Waals surface area contributed by atoms with Crippen LogP contribution in [0.3, 0.4) is 0 Å². The first-order chi connectivity index (χ1) is 10.1. The summed E-state index contributed by atoms with van der Waals surface area (Å²) in [4.78, 5) is 0. The predicted octanol–water partition coefficient (Wildman–Crippen LogP) is 5.73. The topological polar surface area (TPSA) is 29.4 Å². The van der Waals surface area contributed by atoms with Gasteiger partial charge in [-0.25, -0.2) is 0 Å². The van der Waals surface area contributed by atoms with Crippen LogP contribution in [0.5, 0.6) is 0 Å². The van der Waals surface area contributed by atoms with E-state index < -0.39 is 44.9 Å². The summed E-state index contributed by atoms with van der Waals surface area (Å²) in [5.41, 5.74) is -3.11. The van der Waals surface area contributed by atoms with E-state index in [0.29, 0.717) is 12.1 Å². The highest BCUT2D eigenvalue weighted by atomic mass is 32.2. The third-order valence-corrected chi connectivity index (χ3v) is 4.43. The van der Waals surface area contributed by atoms with Crippen molar-refractivity contribution in [3.8, 4) is 0 Å². The number of halogens is 6. The van der Waals surface area contributed by atoms with Gasteiger partial charge in [-0.15, -0.1) is 0 Å². The first-order valence-electron chi connectivity index (χ1n) is 6.54. The van der Waals surface area contributed by atoms with E-state index in [2.05, 4.69) is 4.36 Å². The molecule has 1 aromatic rings. The van der Waals surface area contributed by atoms with Crippen LogP contribution >= 0.6 is 0 Å². The van der Waals surface area contributed by atoms with Crippen LogP contribution in [0.1, 0.15) is 50.4 Å². The van der Waals surface area contributed by atoms with Gasteiger partial charge in [0.05, 0.1) is 11.1 Å². The van der Waals surface area contributed by atoms with Gasteiger partial charge in [-0.3, -0.25) is 0 Å². The van der Waals surface area contributed by atoms with Crippen LogP contribution in [0.15, 0.2) is 22.6 Å². The molecule has 0 aliphatic rings. The van der Waals surface area contributed by atoms with E-state index in [0.717, 1.165) is 0 Å². The molecule has 0 radical (unpaired) electrons. The maximum Gasteiger partial charge on any atom is 0.416 e. The molecule has 0 aliphatic carbocycles. The van der Waals surface area contributed by atoms with E-state index >= 15 is 0 Å². The normalized spacial score (nSPS) is 16.4. The van der Waals surface area contributed by atoms with Crippen LogP contribution in [0.2, 0.25) is 0 Å². The lowest BCUT2D eigenvalue weighted by Crippen LogP contribution is -2.16. The van der Waals surface area contributed by atoms with Crippen LogP contribution in [-0.2, 0) is 27.2 Å². The molecular formula is C14H16F6NOS-. The number of nitrogens with zero attached hydrogens (tertiary/aromatic N) is 1. The highest BCUT2D eigenvalue weighted by Crippen LogP contribution is 2.38. The maximum atomic E-state index is 12.8. The smallest absolute Gasteiger partial charge is 0.416 e. The summed E-state index contributed by atoms with van der Waals surface area (Å²) in [5.74, 6) is 0. The summed E-state index contributed by atoms with van der Waals surface area (Å²) >= 11 is 0. The van der Waals surface area contributed by atoms with Crippen LogP contribution in [0, 0.1) is 0 Å². The summed E-state index contributed by atoms with van der Waals surface area (Å²) < 4.78 is 91.7. The molecule has 2 nitrogen and oxygen atoms in total. The zero-order valence-electron chi connectivity index (χ0n) is 12.8. The van der Waals surface area contributed by atoms with E-state index in [1.807, 2.05) is 0 Å². The first kappa shape index (κ1) is 19.8. The highest BCUT2D eigenvalue weighted by Gasteiger charge is 2.37. The monoisotopic (exact) mass is 360 g/mol. The lowest BCUT2D eigenvalue weighted by molar-refractivity contribution is -0.143. The Bertz CT molecular complexity index is 618. The van der Waals surface area contributed by atoms with E-state index in [9.17, 15) is 30.6 Å². The summed E-state index contributed by atoms with van der Waals surface area (Å²) in [6.07, 6.45) is -9.84. The van der Waals surface area contributed by atoms with Gasteiger partial charge in [0.15, 0.2) is 0 Å². The zero-order valence-corrected chi connectivity index (χ0v) is 13.7. The van der Waals surface area contributed by atoms with Gasteiger partial charge in [0.2, 0.25) is 0 Å². The predicted molar refractivity (Wildman–Crippen MR) is 75.1 cm³/mol. The molecule has 0 aromatic heterocycles. The number of benzene rings is 1. The van der Waals surface area contributed by atoms with E-state index in [-0.39, 0.29) is 11.6 Å². The molecule has 0 unspecified atom stereocenters. The van der Waals surface area contributed by atoms with E-state index in [4.69, 9.17) is 0 Å². The molecule has 0 spiro atoms. The Labute approximate surface area is 132 Å². The third kappa shape index (κ3) is 5.40. The molecule has 0 fully saturated rings. The quantitative estimate of drug-likeness (QED) is 0.489. The third-order valence-electron chi connectivity index (χ3n) is 2.87. The van der Waals surface area contributed by atoms with Crippen molar-refractivity contribution in [2.45, 2.75) is 50.8 Å². The van der Waals surface area contributed by atoms with Gasteiger partial charge in [-0.2, -0.15) is 36.9 Å². The fourth-order valence-electron chi connectivity index (χ4n) is 1.58. The van der Waals surface area contributed by atoms with Gasteiger partial charge in [0.25, 0.3) is 0 Å². The van der Waals surface area contributed by atoms with Crippen LogP contribution in [-0.4, -0.2) is 4.75 Å². The maximum absolute atomic E-state index is 12.8. The number of rotatable bonds is 2. The largest absolute Gasteiger partial charge is 0.444 e. The zero-order chi connectivity index (χ0) is 18.2. The van der Waals surface area contributed by atoms with Crippen molar-refractivity contribution < 1.29 is 30.6 Å². The highest BCUT2D eigenvalue weighted by molar-refractivity contribution is 7.76. The number of hydrogen-bond donors (Lipinski definition) is 0. The molecule has 9 heteroatoms. The molecule has 0 amide bonds. The molecular weight excluding hydrogens is 344 g/mol. The number of alkyl halides is 6. The van der Waals surface area contributed by atoms with Crippen molar-refractivity contribution in [2.75, 3.05) is 0 Å². The second kappa shape index (κ2) is 6.33. The summed E-state index contributed by atoms with van der Waals surface area (Å²) in [7, 11) is -1.76. The molecule has 1 aromatic carbocycles. The summed E-state index contributed by atoms with van der Waals surface area (Å²) in [5, 5.41) is 0. The van der Waals surface area contributed by atoms with Crippen molar-refractivity contribution >= 4 is 10.6 Å². The average Bonchev–Trinajstić information content (AvgIpc) is 2.34. The lowest BCUT2D eigenvalue weighted by atomic mass is 10.0. The Morgan fingerprint density at radius 3 is 1.61 bits per heavy atom. The van der Waals surface area contributed by atoms with Crippen LogP contribution < -0.4 is 0 Å². The van der Waals surface area contributed by atoms with Gasteiger partial charge in [-0.05, 0) is 30.7 Å². The van der Waals surface area contributed by atoms with Gasteiger partial charge in [0.1, 0.15) is 0 Å². The van der Waals surface area contributed by atoms with Crippen molar-refractivity contribution in [1.82, 2.24) is 0 Å². The van der Waals surface area contributed by atoms with Crippen LogP contribution in [0.4, 0.5) is 26.3 Å². The molecule has 0 saturated heterocycles. The van der Waals surface area contributed by atoms with Gasteiger partial charge < -0.3 is 8.57 Å². The second-order valence-electron chi connectivity index (χ2n) is 5.98. The fourth-order valence-corrected chi connectivity index (χ4v) is 2.31. The minimum atomic E-state index is -4.92. The minimum absolute atomic E-state index is 0.0525. The Balaban J connectivity index is 3.44. The van der Waals surface area contributed by atoms with E-state index in [1.165, 1.54) is 6.92 Å². The van der Waals surface area contributed by atoms with Gasteiger partial charge in [-0.1, -0.05) is 25.5 Å². The molecule has 0 N–H and O–H groups in total. The minimum Gasteiger partial charge on any atom is -0.444 e. The molecule has 0 heterocycles.